The molecule has 0 unspecified atom stereocenters. The zero-order valence-corrected chi connectivity index (χ0v) is 18.4. The Bertz CT molecular complexity index is 1100. The van der Waals surface area contributed by atoms with Crippen LogP contribution in [0.15, 0.2) is 30.6 Å². The van der Waals surface area contributed by atoms with Gasteiger partial charge in [0, 0.05) is 36.7 Å². The van der Waals surface area contributed by atoms with Crippen LogP contribution in [0.2, 0.25) is 0 Å². The lowest BCUT2D eigenvalue weighted by molar-refractivity contribution is -0.147. The van der Waals surface area contributed by atoms with Gasteiger partial charge in [0.05, 0.1) is 31.2 Å². The molecule has 4 N–H and O–H groups in total. The number of carbonyl (C=O) groups is 1. The van der Waals surface area contributed by atoms with Crippen molar-refractivity contribution in [3.63, 3.8) is 0 Å². The fourth-order valence-corrected chi connectivity index (χ4v) is 3.96. The third-order valence-electron chi connectivity index (χ3n) is 5.75. The highest BCUT2D eigenvalue weighted by Gasteiger charge is 2.33. The number of H-pyrrole nitrogens is 1. The minimum atomic E-state index is -0.857. The molecule has 1 aliphatic rings. The van der Waals surface area contributed by atoms with E-state index in [2.05, 4.69) is 15.3 Å². The number of hydrogen-bond donors (Lipinski definition) is 4. The number of rotatable bonds is 7. The summed E-state index contributed by atoms with van der Waals surface area (Å²) in [6.07, 6.45) is 3.29. The number of β-amino-alcohol motifs (C(OH)–C–C–N with tert-alkyl or cyclic N) is 1. The Balaban J connectivity index is 1.75. The highest BCUT2D eigenvalue weighted by Crippen LogP contribution is 2.33. The molecular weight excluding hydrogens is 412 g/mol. The van der Waals surface area contributed by atoms with Gasteiger partial charge in [0.1, 0.15) is 17.0 Å². The van der Waals surface area contributed by atoms with Gasteiger partial charge in [0.2, 0.25) is 0 Å². The molecule has 2 atom stereocenters. The second-order valence-corrected chi connectivity index (χ2v) is 8.51. The number of hydrogen-bond acceptors (Lipinski definition) is 9. The maximum Gasteiger partial charge on any atom is 0.325 e. The Kier molecular flexibility index (Phi) is 6.09. The highest BCUT2D eigenvalue weighted by atomic mass is 16.5. The number of aliphatic hydroxyl groups is 2. The zero-order valence-electron chi connectivity index (χ0n) is 18.4. The molecule has 4 heterocycles. The number of fused-ring (bicyclic) bond motifs is 1. The van der Waals surface area contributed by atoms with Gasteiger partial charge in [-0.2, -0.15) is 0 Å². The lowest BCUT2D eigenvalue weighted by atomic mass is 10.1. The van der Waals surface area contributed by atoms with Crippen LogP contribution in [0.25, 0.3) is 22.4 Å². The molecule has 0 aromatic carbocycles. The van der Waals surface area contributed by atoms with E-state index in [4.69, 9.17) is 14.7 Å². The summed E-state index contributed by atoms with van der Waals surface area (Å²) in [5.41, 5.74) is 1.40. The number of pyridine rings is 1. The Morgan fingerprint density at radius 1 is 1.34 bits per heavy atom. The maximum absolute atomic E-state index is 12.0. The Hall–Kier alpha value is -3.08. The summed E-state index contributed by atoms with van der Waals surface area (Å²) in [5.74, 6) is 0.808. The summed E-state index contributed by atoms with van der Waals surface area (Å²) in [6, 6.07) is 5.36. The van der Waals surface area contributed by atoms with Crippen molar-refractivity contribution >= 4 is 22.8 Å². The molecule has 32 heavy (non-hydrogen) atoms. The molecule has 170 valence electrons. The zero-order chi connectivity index (χ0) is 22.9. The van der Waals surface area contributed by atoms with E-state index >= 15 is 0 Å². The molecule has 0 radical (unpaired) electrons. The quantitative estimate of drug-likeness (QED) is 0.397. The smallest absolute Gasteiger partial charge is 0.325 e. The molecular formula is C22H28N6O4. The highest BCUT2D eigenvalue weighted by molar-refractivity contribution is 5.90. The molecule has 3 aromatic rings. The van der Waals surface area contributed by atoms with Gasteiger partial charge in [-0.25, -0.2) is 9.97 Å². The minimum Gasteiger partial charge on any atom is -0.468 e. The van der Waals surface area contributed by atoms with Crippen LogP contribution in [0.4, 0.5) is 5.82 Å². The Morgan fingerprint density at radius 2 is 2.09 bits per heavy atom. The number of aromatic nitrogens is 4. The van der Waals surface area contributed by atoms with E-state index in [1.807, 2.05) is 23.1 Å². The topological polar surface area (TPSA) is 136 Å². The summed E-state index contributed by atoms with van der Waals surface area (Å²) in [7, 11) is 1.36. The molecule has 0 spiro atoms. The van der Waals surface area contributed by atoms with Gasteiger partial charge in [0.15, 0.2) is 5.82 Å². The average molecular weight is 441 g/mol. The van der Waals surface area contributed by atoms with Crippen LogP contribution < -0.4 is 10.2 Å². The van der Waals surface area contributed by atoms with Crippen molar-refractivity contribution in [1.29, 1.82) is 0 Å². The normalized spacial score (nSPS) is 19.0. The predicted octanol–water partition coefficient (Wildman–Crippen LogP) is 0.993. The molecule has 10 heteroatoms. The molecule has 10 nitrogen and oxygen atoms in total. The summed E-state index contributed by atoms with van der Waals surface area (Å²) < 4.78 is 4.85. The number of methoxy groups -OCH3 is 1. The van der Waals surface area contributed by atoms with Crippen LogP contribution in [-0.4, -0.2) is 74.1 Å². The molecule has 1 fully saturated rings. The van der Waals surface area contributed by atoms with Gasteiger partial charge >= 0.3 is 5.97 Å². The van der Waals surface area contributed by atoms with E-state index < -0.39 is 11.6 Å². The van der Waals surface area contributed by atoms with E-state index in [0.717, 1.165) is 16.6 Å². The number of nitrogens with one attached hydrogen (secondary N) is 2. The Labute approximate surface area is 185 Å². The van der Waals surface area contributed by atoms with Crippen LogP contribution in [0.1, 0.15) is 26.0 Å². The fraction of sp³-hybridized carbons (Fsp3) is 0.455. The predicted molar refractivity (Wildman–Crippen MR) is 119 cm³/mol. The van der Waals surface area contributed by atoms with Gasteiger partial charge in [-0.3, -0.25) is 15.1 Å². The van der Waals surface area contributed by atoms with E-state index in [9.17, 15) is 15.0 Å². The van der Waals surface area contributed by atoms with E-state index in [1.165, 1.54) is 7.11 Å². The van der Waals surface area contributed by atoms with E-state index in [0.29, 0.717) is 36.8 Å². The van der Waals surface area contributed by atoms with Crippen LogP contribution in [0.5, 0.6) is 0 Å². The largest absolute Gasteiger partial charge is 0.468 e. The third kappa shape index (κ3) is 4.29. The molecule has 1 saturated heterocycles. The van der Waals surface area contributed by atoms with Gasteiger partial charge in [-0.15, -0.1) is 0 Å². The second kappa shape index (κ2) is 8.81. The summed E-state index contributed by atoms with van der Waals surface area (Å²) in [5, 5.41) is 24.0. The van der Waals surface area contributed by atoms with Crippen LogP contribution in [-0.2, 0) is 16.1 Å². The number of anilines is 1. The summed E-state index contributed by atoms with van der Waals surface area (Å²) in [4.78, 5) is 30.8. The van der Waals surface area contributed by atoms with Crippen molar-refractivity contribution in [2.75, 3.05) is 25.2 Å². The number of aromatic amines is 1. The van der Waals surface area contributed by atoms with Gasteiger partial charge < -0.3 is 24.8 Å². The van der Waals surface area contributed by atoms with E-state index in [1.54, 1.807) is 26.2 Å². The first-order valence-electron chi connectivity index (χ1n) is 10.5. The molecule has 0 aliphatic carbocycles. The lowest BCUT2D eigenvalue weighted by Crippen LogP contribution is -2.47. The Morgan fingerprint density at radius 3 is 2.78 bits per heavy atom. The lowest BCUT2D eigenvalue weighted by Gasteiger charge is -2.24. The molecule has 0 saturated carbocycles. The molecule has 4 rings (SSSR count). The maximum atomic E-state index is 12.0. The summed E-state index contributed by atoms with van der Waals surface area (Å²) in [6.45, 7) is 4.19. The van der Waals surface area contributed by atoms with Gasteiger partial charge in [-0.1, -0.05) is 0 Å². The van der Waals surface area contributed by atoms with Crippen LogP contribution in [0.3, 0.4) is 0 Å². The van der Waals surface area contributed by atoms with Crippen molar-refractivity contribution in [2.45, 2.75) is 44.5 Å². The molecule has 0 amide bonds. The van der Waals surface area contributed by atoms with Crippen LogP contribution >= 0.6 is 0 Å². The SMILES string of the molecule is COC(=O)C(C)(C)NCc1cc2c(N3C[C@H](O)C[C@@H]3CO)nc(-c3ccncc3)nc2[nH]1. The standard InChI is InChI=1S/C22H28N6O4/c1-22(2,21(31)32-3)24-10-14-8-17-19(25-14)26-18(13-4-6-23-7-5-13)27-20(17)28-11-16(30)9-15(28)12-29/h4-8,15-16,24,29-30H,9-12H2,1-3H3,(H,25,26,27)/t15-,16-/m1/s1. The summed E-state index contributed by atoms with van der Waals surface area (Å²) >= 11 is 0. The molecule has 1 aliphatic heterocycles. The van der Waals surface area contributed by atoms with Crippen molar-refractivity contribution in [3.05, 3.63) is 36.3 Å². The average Bonchev–Trinajstić information content (AvgIpc) is 3.39. The number of aliphatic hydroxyl groups excluding tert-OH is 2. The first kappa shape index (κ1) is 22.1. The number of esters is 1. The van der Waals surface area contributed by atoms with Crippen LogP contribution in [0, 0.1) is 0 Å². The van der Waals surface area contributed by atoms with Gasteiger partial charge in [0.25, 0.3) is 0 Å². The van der Waals surface area contributed by atoms with Crippen molar-refractivity contribution in [3.8, 4) is 11.4 Å². The number of nitrogens with zero attached hydrogens (tertiary/aromatic N) is 4. The van der Waals surface area contributed by atoms with Crippen molar-refractivity contribution in [2.24, 2.45) is 0 Å². The first-order chi connectivity index (χ1) is 15.3. The van der Waals surface area contributed by atoms with Crippen molar-refractivity contribution in [1.82, 2.24) is 25.3 Å². The monoisotopic (exact) mass is 440 g/mol. The van der Waals surface area contributed by atoms with Crippen molar-refractivity contribution < 1.29 is 19.7 Å². The molecule has 3 aromatic heterocycles. The number of ether oxygens (including phenoxy) is 1. The van der Waals surface area contributed by atoms with Gasteiger partial charge in [-0.05, 0) is 38.5 Å². The second-order valence-electron chi connectivity index (χ2n) is 8.51. The fourth-order valence-electron chi connectivity index (χ4n) is 3.96. The minimum absolute atomic E-state index is 0.0840. The first-order valence-corrected chi connectivity index (χ1v) is 10.5. The van der Waals surface area contributed by atoms with E-state index in [-0.39, 0.29) is 18.6 Å². The number of carbonyl (C=O) groups excluding carboxylic acids is 1. The third-order valence-corrected chi connectivity index (χ3v) is 5.75. The molecule has 0 bridgehead atoms.